The van der Waals surface area contributed by atoms with Crippen molar-refractivity contribution in [2.24, 2.45) is 0 Å². The molecule has 0 aliphatic heterocycles. The molecule has 0 N–H and O–H groups in total. The Bertz CT molecular complexity index is 782. The summed E-state index contributed by atoms with van der Waals surface area (Å²) >= 11 is 0. The molecule has 2 rings (SSSR count). The zero-order chi connectivity index (χ0) is 18.8. The van der Waals surface area contributed by atoms with Crippen LogP contribution in [0.3, 0.4) is 0 Å². The Hall–Kier alpha value is -0.960. The first kappa shape index (κ1) is 20.4. The standard InChI is InChI=1S/C17H28N2O4S2/c1-14(15-10-12-17(13-11-15)24(4,20)21)18(2)25(22,23)19(3)16-8-6-5-7-9-16/h10-14,16H,5-9H2,1-4H3. The molecule has 1 aromatic carbocycles. The van der Waals surface area contributed by atoms with Crippen LogP contribution in [0, 0.1) is 0 Å². The highest BCUT2D eigenvalue weighted by molar-refractivity contribution is 7.90. The molecule has 1 unspecified atom stereocenters. The van der Waals surface area contributed by atoms with Crippen molar-refractivity contribution in [3.63, 3.8) is 0 Å². The lowest BCUT2D eigenvalue weighted by molar-refractivity contribution is 0.260. The third kappa shape index (κ3) is 4.61. The Labute approximate surface area is 151 Å². The van der Waals surface area contributed by atoms with Crippen molar-refractivity contribution < 1.29 is 16.8 Å². The number of sulfone groups is 1. The average molecular weight is 389 g/mol. The average Bonchev–Trinajstić information content (AvgIpc) is 2.59. The van der Waals surface area contributed by atoms with Gasteiger partial charge in [-0.1, -0.05) is 31.4 Å². The van der Waals surface area contributed by atoms with E-state index in [2.05, 4.69) is 0 Å². The molecular formula is C17H28N2O4S2. The van der Waals surface area contributed by atoms with Gasteiger partial charge in [0.25, 0.3) is 10.2 Å². The lowest BCUT2D eigenvalue weighted by atomic mass is 9.96. The van der Waals surface area contributed by atoms with Crippen LogP contribution in [0.25, 0.3) is 0 Å². The first-order valence-corrected chi connectivity index (χ1v) is 11.8. The lowest BCUT2D eigenvalue weighted by Gasteiger charge is -2.35. The Morgan fingerprint density at radius 1 is 0.960 bits per heavy atom. The van der Waals surface area contributed by atoms with Gasteiger partial charge >= 0.3 is 0 Å². The molecule has 0 radical (unpaired) electrons. The van der Waals surface area contributed by atoms with Crippen LogP contribution in [0.4, 0.5) is 0 Å². The summed E-state index contributed by atoms with van der Waals surface area (Å²) in [7, 11) is -3.61. The predicted molar refractivity (Wildman–Crippen MR) is 99.3 cm³/mol. The van der Waals surface area contributed by atoms with Crippen molar-refractivity contribution in [1.82, 2.24) is 8.61 Å². The minimum absolute atomic E-state index is 0.0565. The molecule has 0 saturated heterocycles. The van der Waals surface area contributed by atoms with E-state index in [-0.39, 0.29) is 17.0 Å². The van der Waals surface area contributed by atoms with Crippen molar-refractivity contribution in [3.8, 4) is 0 Å². The number of nitrogens with zero attached hydrogens (tertiary/aromatic N) is 2. The highest BCUT2D eigenvalue weighted by Gasteiger charge is 2.33. The van der Waals surface area contributed by atoms with Crippen LogP contribution < -0.4 is 0 Å². The van der Waals surface area contributed by atoms with Crippen LogP contribution in [0.15, 0.2) is 29.2 Å². The van der Waals surface area contributed by atoms with Gasteiger partial charge in [0.05, 0.1) is 4.90 Å². The molecule has 8 heteroatoms. The van der Waals surface area contributed by atoms with E-state index in [1.165, 1.54) is 27.2 Å². The molecule has 0 amide bonds. The molecule has 1 atom stereocenters. The van der Waals surface area contributed by atoms with Crippen LogP contribution in [0.2, 0.25) is 0 Å². The monoisotopic (exact) mass is 388 g/mol. The molecule has 0 spiro atoms. The molecule has 1 aromatic rings. The van der Waals surface area contributed by atoms with Crippen LogP contribution in [0.1, 0.15) is 50.6 Å². The van der Waals surface area contributed by atoms with E-state index in [1.807, 2.05) is 6.92 Å². The summed E-state index contributed by atoms with van der Waals surface area (Å²) < 4.78 is 51.8. The summed E-state index contributed by atoms with van der Waals surface area (Å²) in [6, 6.07) is 6.06. The quantitative estimate of drug-likeness (QED) is 0.751. The summed E-state index contributed by atoms with van der Waals surface area (Å²) in [6.45, 7) is 1.81. The second kappa shape index (κ2) is 7.73. The number of benzene rings is 1. The predicted octanol–water partition coefficient (Wildman–Crippen LogP) is 2.59. The highest BCUT2D eigenvalue weighted by atomic mass is 32.2. The van der Waals surface area contributed by atoms with Crippen molar-refractivity contribution in [3.05, 3.63) is 29.8 Å². The van der Waals surface area contributed by atoms with Gasteiger partial charge in [0.1, 0.15) is 0 Å². The van der Waals surface area contributed by atoms with Gasteiger partial charge in [-0.05, 0) is 37.5 Å². The maximum atomic E-state index is 12.9. The second-order valence-electron chi connectivity index (χ2n) is 6.85. The number of hydrogen-bond acceptors (Lipinski definition) is 4. The zero-order valence-electron chi connectivity index (χ0n) is 15.3. The number of hydrogen-bond donors (Lipinski definition) is 0. The SMILES string of the molecule is CC(c1ccc(S(C)(=O)=O)cc1)N(C)S(=O)(=O)N(C)C1CCCCC1. The summed E-state index contributed by atoms with van der Waals surface area (Å²) in [6.07, 6.45) is 6.26. The maximum absolute atomic E-state index is 12.9. The van der Waals surface area contributed by atoms with E-state index in [0.29, 0.717) is 0 Å². The molecule has 1 aliphatic rings. The molecule has 6 nitrogen and oxygen atoms in total. The smallest absolute Gasteiger partial charge is 0.224 e. The highest BCUT2D eigenvalue weighted by Crippen LogP contribution is 2.28. The van der Waals surface area contributed by atoms with Crippen molar-refractivity contribution in [2.45, 2.75) is 56.0 Å². The molecule has 1 fully saturated rings. The van der Waals surface area contributed by atoms with Gasteiger partial charge in [-0.2, -0.15) is 17.0 Å². The molecule has 1 saturated carbocycles. The fraction of sp³-hybridized carbons (Fsp3) is 0.647. The first-order chi connectivity index (χ1) is 11.5. The van der Waals surface area contributed by atoms with Gasteiger partial charge in [0.2, 0.25) is 0 Å². The third-order valence-corrected chi connectivity index (χ3v) is 8.35. The largest absolute Gasteiger partial charge is 0.282 e. The Balaban J connectivity index is 2.18. The topological polar surface area (TPSA) is 74.8 Å². The Morgan fingerprint density at radius 2 is 1.48 bits per heavy atom. The molecule has 0 aromatic heterocycles. The van der Waals surface area contributed by atoms with Gasteiger partial charge in [0.15, 0.2) is 9.84 Å². The molecule has 0 bridgehead atoms. The normalized spacial score (nSPS) is 18.6. The fourth-order valence-corrected chi connectivity index (χ4v) is 5.39. The van der Waals surface area contributed by atoms with Crippen LogP contribution in [0.5, 0.6) is 0 Å². The second-order valence-corrected chi connectivity index (χ2v) is 10.9. The van der Waals surface area contributed by atoms with E-state index >= 15 is 0 Å². The van der Waals surface area contributed by atoms with E-state index in [1.54, 1.807) is 26.2 Å². The molecular weight excluding hydrogens is 360 g/mol. The van der Waals surface area contributed by atoms with Gasteiger partial charge < -0.3 is 0 Å². The third-order valence-electron chi connectivity index (χ3n) is 5.15. The minimum Gasteiger partial charge on any atom is -0.224 e. The molecule has 25 heavy (non-hydrogen) atoms. The summed E-state index contributed by atoms with van der Waals surface area (Å²) in [5.74, 6) is 0. The Morgan fingerprint density at radius 3 is 1.96 bits per heavy atom. The van der Waals surface area contributed by atoms with E-state index in [9.17, 15) is 16.8 Å². The maximum Gasteiger partial charge on any atom is 0.282 e. The van der Waals surface area contributed by atoms with Gasteiger partial charge in [0, 0.05) is 32.4 Å². The van der Waals surface area contributed by atoms with Crippen LogP contribution in [-0.2, 0) is 20.0 Å². The van der Waals surface area contributed by atoms with Gasteiger partial charge in [-0.15, -0.1) is 0 Å². The molecule has 0 heterocycles. The van der Waals surface area contributed by atoms with Gasteiger partial charge in [-0.25, -0.2) is 8.42 Å². The van der Waals surface area contributed by atoms with Crippen molar-refractivity contribution >= 4 is 20.0 Å². The van der Waals surface area contributed by atoms with Crippen LogP contribution in [-0.4, -0.2) is 51.8 Å². The Kier molecular flexibility index (Phi) is 6.30. The van der Waals surface area contributed by atoms with E-state index < -0.39 is 20.0 Å². The van der Waals surface area contributed by atoms with Gasteiger partial charge in [-0.3, -0.25) is 0 Å². The summed E-state index contributed by atoms with van der Waals surface area (Å²) in [5, 5.41) is 0. The lowest BCUT2D eigenvalue weighted by Crippen LogP contribution is -2.46. The zero-order valence-corrected chi connectivity index (χ0v) is 17.0. The summed E-state index contributed by atoms with van der Waals surface area (Å²) in [5.41, 5.74) is 0.760. The summed E-state index contributed by atoms with van der Waals surface area (Å²) in [4.78, 5) is 0.230. The van der Waals surface area contributed by atoms with Crippen molar-refractivity contribution in [2.75, 3.05) is 20.4 Å². The first-order valence-electron chi connectivity index (χ1n) is 8.56. The fourth-order valence-electron chi connectivity index (χ4n) is 3.24. The van der Waals surface area contributed by atoms with Crippen LogP contribution >= 0.6 is 0 Å². The van der Waals surface area contributed by atoms with E-state index in [0.717, 1.165) is 37.5 Å². The number of rotatable bonds is 6. The van der Waals surface area contributed by atoms with E-state index in [4.69, 9.17) is 0 Å². The molecule has 142 valence electrons. The van der Waals surface area contributed by atoms with Crippen molar-refractivity contribution in [1.29, 1.82) is 0 Å². The minimum atomic E-state index is -3.58. The molecule has 1 aliphatic carbocycles.